The van der Waals surface area contributed by atoms with Crippen LogP contribution in [0.2, 0.25) is 0 Å². The summed E-state index contributed by atoms with van der Waals surface area (Å²) in [5, 5.41) is 8.43. The lowest BCUT2D eigenvalue weighted by Crippen LogP contribution is -2.19. The Morgan fingerprint density at radius 2 is 1.47 bits per heavy atom. The van der Waals surface area contributed by atoms with E-state index in [1.54, 1.807) is 12.1 Å². The average molecular weight is 455 g/mol. The smallest absolute Gasteiger partial charge is 0.349 e. The lowest BCUT2D eigenvalue weighted by molar-refractivity contribution is 0.0720. The molecule has 0 aliphatic heterocycles. The van der Waals surface area contributed by atoms with E-state index in [1.807, 2.05) is 20.8 Å². The summed E-state index contributed by atoms with van der Waals surface area (Å²) >= 11 is 0. The van der Waals surface area contributed by atoms with Crippen molar-refractivity contribution in [1.29, 1.82) is 5.41 Å². The molecule has 0 bridgehead atoms. The second-order valence-electron chi connectivity index (χ2n) is 8.58. The van der Waals surface area contributed by atoms with Crippen LogP contribution in [0.3, 0.4) is 0 Å². The molecule has 1 N–H and O–H groups in total. The summed E-state index contributed by atoms with van der Waals surface area (Å²) in [5.74, 6) is -13.3. The summed E-state index contributed by atoms with van der Waals surface area (Å²) < 4.78 is 73.3. The number of hydrogen-bond acceptors (Lipinski definition) is 3. The first-order chi connectivity index (χ1) is 14.9. The van der Waals surface area contributed by atoms with Gasteiger partial charge in [0.1, 0.15) is 11.3 Å². The molecule has 0 unspecified atom stereocenters. The predicted octanol–water partition coefficient (Wildman–Crippen LogP) is 7.24. The molecule has 0 saturated carbocycles. The second kappa shape index (κ2) is 10.2. The van der Waals surface area contributed by atoms with Gasteiger partial charge in [-0.05, 0) is 36.0 Å². The molecule has 0 amide bonds. The minimum absolute atomic E-state index is 0.146. The van der Waals surface area contributed by atoms with Crippen molar-refractivity contribution in [1.82, 2.24) is 0 Å². The topological polar surface area (TPSA) is 50.1 Å². The number of carbonyl (C=O) groups is 1. The zero-order valence-electron chi connectivity index (χ0n) is 18.5. The van der Waals surface area contributed by atoms with Crippen molar-refractivity contribution >= 4 is 11.7 Å². The SMILES string of the molecule is CCCCCCC(=N)c1cc(C(C)(C)C)ccc1OC(=O)c1c(F)c(F)c(F)c(F)c1F. The van der Waals surface area contributed by atoms with E-state index in [0.29, 0.717) is 6.42 Å². The molecule has 0 spiro atoms. The third-order valence-corrected chi connectivity index (χ3v) is 5.07. The van der Waals surface area contributed by atoms with Crippen LogP contribution in [-0.4, -0.2) is 11.7 Å². The van der Waals surface area contributed by atoms with Gasteiger partial charge in [-0.3, -0.25) is 0 Å². The number of halogens is 5. The second-order valence-corrected chi connectivity index (χ2v) is 8.58. The lowest BCUT2D eigenvalue weighted by Gasteiger charge is -2.21. The van der Waals surface area contributed by atoms with Crippen LogP contribution >= 0.6 is 0 Å². The van der Waals surface area contributed by atoms with E-state index in [9.17, 15) is 26.7 Å². The summed E-state index contributed by atoms with van der Waals surface area (Å²) in [6, 6.07) is 4.62. The van der Waals surface area contributed by atoms with E-state index in [4.69, 9.17) is 10.1 Å². The molecule has 3 nitrogen and oxygen atoms in total. The van der Waals surface area contributed by atoms with Gasteiger partial charge >= 0.3 is 5.97 Å². The third-order valence-electron chi connectivity index (χ3n) is 5.07. The van der Waals surface area contributed by atoms with Gasteiger partial charge in [-0.1, -0.05) is 53.0 Å². The maximum Gasteiger partial charge on any atom is 0.349 e. The Morgan fingerprint density at radius 1 is 0.906 bits per heavy atom. The Morgan fingerprint density at radius 3 is 2.00 bits per heavy atom. The van der Waals surface area contributed by atoms with Crippen molar-refractivity contribution < 1.29 is 31.5 Å². The lowest BCUT2D eigenvalue weighted by atomic mass is 9.85. The highest BCUT2D eigenvalue weighted by Crippen LogP contribution is 2.31. The fourth-order valence-electron chi connectivity index (χ4n) is 3.12. The average Bonchev–Trinajstić information content (AvgIpc) is 2.73. The molecule has 2 rings (SSSR count). The molecule has 2 aromatic rings. The monoisotopic (exact) mass is 455 g/mol. The van der Waals surface area contributed by atoms with Gasteiger partial charge in [0.15, 0.2) is 23.3 Å². The maximum absolute atomic E-state index is 14.0. The molecule has 0 aliphatic rings. The molecule has 0 fully saturated rings. The Kier molecular flexibility index (Phi) is 8.15. The van der Waals surface area contributed by atoms with Gasteiger partial charge in [-0.2, -0.15) is 0 Å². The summed E-state index contributed by atoms with van der Waals surface area (Å²) in [5.41, 5.74) is -0.789. The first kappa shape index (κ1) is 25.5. The minimum Gasteiger partial charge on any atom is -0.422 e. The number of hydrogen-bond donors (Lipinski definition) is 1. The van der Waals surface area contributed by atoms with Crippen LogP contribution in [-0.2, 0) is 5.41 Å². The minimum atomic E-state index is -2.36. The van der Waals surface area contributed by atoms with Crippen LogP contribution in [0, 0.1) is 34.5 Å². The molecule has 0 aliphatic carbocycles. The Balaban J connectivity index is 2.45. The molecule has 32 heavy (non-hydrogen) atoms. The number of rotatable bonds is 8. The highest BCUT2D eigenvalue weighted by Gasteiger charge is 2.31. The van der Waals surface area contributed by atoms with E-state index >= 15 is 0 Å². The molecule has 0 aromatic heterocycles. The fraction of sp³-hybridized carbons (Fsp3) is 0.417. The van der Waals surface area contributed by atoms with Crippen molar-refractivity contribution in [2.45, 2.75) is 65.2 Å². The van der Waals surface area contributed by atoms with Gasteiger partial charge < -0.3 is 10.1 Å². The molecule has 0 radical (unpaired) electrons. The fourth-order valence-corrected chi connectivity index (χ4v) is 3.12. The number of nitrogens with one attached hydrogen (secondary N) is 1. The number of ether oxygens (including phenoxy) is 1. The zero-order valence-corrected chi connectivity index (χ0v) is 18.5. The first-order valence-corrected chi connectivity index (χ1v) is 10.4. The van der Waals surface area contributed by atoms with Crippen molar-refractivity contribution in [3.05, 3.63) is 64.0 Å². The van der Waals surface area contributed by atoms with Crippen LogP contribution < -0.4 is 4.74 Å². The van der Waals surface area contributed by atoms with Crippen LogP contribution in [0.15, 0.2) is 18.2 Å². The van der Waals surface area contributed by atoms with Gasteiger partial charge in [0.05, 0.1) is 0 Å². The van der Waals surface area contributed by atoms with Gasteiger partial charge in [-0.15, -0.1) is 0 Å². The van der Waals surface area contributed by atoms with Crippen molar-refractivity contribution in [3.63, 3.8) is 0 Å². The Hall–Kier alpha value is -2.77. The van der Waals surface area contributed by atoms with E-state index in [1.165, 1.54) is 6.07 Å². The van der Waals surface area contributed by atoms with Crippen molar-refractivity contribution in [3.8, 4) is 5.75 Å². The van der Waals surface area contributed by atoms with Crippen LogP contribution in [0.1, 0.15) is 81.3 Å². The molecule has 0 heterocycles. The number of esters is 1. The van der Waals surface area contributed by atoms with Crippen molar-refractivity contribution in [2.24, 2.45) is 0 Å². The van der Waals surface area contributed by atoms with Gasteiger partial charge in [0.2, 0.25) is 5.82 Å². The number of carbonyl (C=O) groups excluding carboxylic acids is 1. The summed E-state index contributed by atoms with van der Waals surface area (Å²) in [6.07, 6.45) is 4.00. The van der Waals surface area contributed by atoms with E-state index < -0.39 is 40.6 Å². The molecule has 0 saturated heterocycles. The molecule has 0 atom stereocenters. The number of unbranched alkanes of at least 4 members (excludes halogenated alkanes) is 3. The van der Waals surface area contributed by atoms with E-state index in [-0.39, 0.29) is 22.4 Å². The standard InChI is InChI=1S/C24H26F5NO2/c1-5-6-7-8-9-15(30)14-12-13(24(2,3)4)10-11-16(14)32-23(31)17-18(25)20(27)22(29)21(28)19(17)26/h10-12,30H,5-9H2,1-4H3. The summed E-state index contributed by atoms with van der Waals surface area (Å²) in [4.78, 5) is 12.4. The highest BCUT2D eigenvalue weighted by atomic mass is 19.2. The Bertz CT molecular complexity index is 999. The van der Waals surface area contributed by atoms with Gasteiger partial charge in [0.25, 0.3) is 0 Å². The molecule has 174 valence electrons. The molecule has 2 aromatic carbocycles. The zero-order chi connectivity index (χ0) is 24.2. The first-order valence-electron chi connectivity index (χ1n) is 10.4. The van der Waals surface area contributed by atoms with E-state index in [0.717, 1.165) is 31.2 Å². The van der Waals surface area contributed by atoms with Crippen LogP contribution in [0.4, 0.5) is 22.0 Å². The third kappa shape index (κ3) is 5.53. The highest BCUT2D eigenvalue weighted by molar-refractivity contribution is 6.02. The quantitative estimate of drug-likeness (QED) is 0.0868. The van der Waals surface area contributed by atoms with Gasteiger partial charge in [-0.25, -0.2) is 26.7 Å². The number of benzene rings is 2. The predicted molar refractivity (Wildman–Crippen MR) is 112 cm³/mol. The normalized spacial score (nSPS) is 11.5. The van der Waals surface area contributed by atoms with Gasteiger partial charge in [0, 0.05) is 11.3 Å². The Labute approximate surface area is 184 Å². The summed E-state index contributed by atoms with van der Waals surface area (Å²) in [6.45, 7) is 7.88. The van der Waals surface area contributed by atoms with E-state index in [2.05, 4.69) is 6.92 Å². The van der Waals surface area contributed by atoms with Crippen molar-refractivity contribution in [2.75, 3.05) is 0 Å². The largest absolute Gasteiger partial charge is 0.422 e. The van der Waals surface area contributed by atoms with Crippen LogP contribution in [0.25, 0.3) is 0 Å². The molecular formula is C24H26F5NO2. The summed E-state index contributed by atoms with van der Waals surface area (Å²) in [7, 11) is 0. The maximum atomic E-state index is 14.0. The molecule has 8 heteroatoms. The molecular weight excluding hydrogens is 429 g/mol. The van der Waals surface area contributed by atoms with Crippen LogP contribution in [0.5, 0.6) is 5.75 Å².